The van der Waals surface area contributed by atoms with Gasteiger partial charge in [-0.2, -0.15) is 0 Å². The average Bonchev–Trinajstić information content (AvgIpc) is 2.79. The van der Waals surface area contributed by atoms with Gasteiger partial charge in [0.1, 0.15) is 0 Å². The third-order valence-electron chi connectivity index (χ3n) is 5.15. The van der Waals surface area contributed by atoms with E-state index < -0.39 is 0 Å². The van der Waals surface area contributed by atoms with Crippen LogP contribution in [0.2, 0.25) is 0 Å². The Morgan fingerprint density at radius 1 is 1.13 bits per heavy atom. The molecule has 0 saturated carbocycles. The Labute approximate surface area is 200 Å². The van der Waals surface area contributed by atoms with Gasteiger partial charge in [0.15, 0.2) is 5.96 Å². The highest BCUT2D eigenvalue weighted by molar-refractivity contribution is 14.0. The van der Waals surface area contributed by atoms with Gasteiger partial charge in [-0.1, -0.05) is 49.4 Å². The standard InChI is InChI=1S/C23H29N5O2.HI/c1-17(19-6-4-3-5-7-19)14-26-23(24-2)27-15-18-8-10-20(11-9-18)22(30)28-13-12-25-21(29)16-28;/h3-11,17H,12-16H2,1-2H3,(H,25,29)(H2,24,26,27);1H. The Bertz CT molecular complexity index is 887. The number of aliphatic imine (C=N–C) groups is 1. The zero-order valence-electron chi connectivity index (χ0n) is 17.9. The molecule has 7 nitrogen and oxygen atoms in total. The lowest BCUT2D eigenvalue weighted by molar-refractivity contribution is -0.123. The van der Waals surface area contributed by atoms with E-state index in [1.807, 2.05) is 30.3 Å². The predicted molar refractivity (Wildman–Crippen MR) is 134 cm³/mol. The van der Waals surface area contributed by atoms with E-state index in [2.05, 4.69) is 40.0 Å². The molecule has 1 atom stereocenters. The SMILES string of the molecule is CN=C(NCc1ccc(C(=O)N2CCNC(=O)C2)cc1)NCC(C)c1ccccc1.I. The Hall–Kier alpha value is -2.62. The number of carbonyl (C=O) groups excluding carboxylic acids is 2. The molecule has 0 spiro atoms. The first-order valence-electron chi connectivity index (χ1n) is 10.2. The van der Waals surface area contributed by atoms with Crippen LogP contribution in [0.25, 0.3) is 0 Å². The number of hydrogen-bond donors (Lipinski definition) is 3. The van der Waals surface area contributed by atoms with Crippen LogP contribution >= 0.6 is 24.0 Å². The Balaban J connectivity index is 0.00000341. The molecule has 1 aliphatic rings. The number of halogens is 1. The molecular formula is C23H30IN5O2. The molecule has 1 saturated heterocycles. The highest BCUT2D eigenvalue weighted by Gasteiger charge is 2.22. The van der Waals surface area contributed by atoms with Crippen LogP contribution in [-0.2, 0) is 11.3 Å². The second kappa shape index (κ2) is 12.3. The summed E-state index contributed by atoms with van der Waals surface area (Å²) in [6.07, 6.45) is 0. The fraction of sp³-hybridized carbons (Fsp3) is 0.348. The molecule has 166 valence electrons. The molecule has 0 radical (unpaired) electrons. The third-order valence-corrected chi connectivity index (χ3v) is 5.15. The fourth-order valence-electron chi connectivity index (χ4n) is 3.32. The van der Waals surface area contributed by atoms with Gasteiger partial charge < -0.3 is 20.9 Å². The van der Waals surface area contributed by atoms with E-state index in [9.17, 15) is 9.59 Å². The van der Waals surface area contributed by atoms with Crippen molar-refractivity contribution in [2.45, 2.75) is 19.4 Å². The molecule has 2 aromatic rings. The van der Waals surface area contributed by atoms with Crippen LogP contribution in [0.4, 0.5) is 0 Å². The molecule has 3 rings (SSSR count). The number of guanidine groups is 1. The minimum Gasteiger partial charge on any atom is -0.356 e. The van der Waals surface area contributed by atoms with Crippen molar-refractivity contribution < 1.29 is 9.59 Å². The topological polar surface area (TPSA) is 85.8 Å². The molecule has 1 heterocycles. The number of nitrogens with zero attached hydrogens (tertiary/aromatic N) is 2. The molecule has 1 fully saturated rings. The summed E-state index contributed by atoms with van der Waals surface area (Å²) in [5.74, 6) is 0.872. The van der Waals surface area contributed by atoms with E-state index in [1.165, 1.54) is 5.56 Å². The summed E-state index contributed by atoms with van der Waals surface area (Å²) < 4.78 is 0. The van der Waals surface area contributed by atoms with E-state index in [4.69, 9.17) is 0 Å². The van der Waals surface area contributed by atoms with Crippen LogP contribution in [-0.4, -0.2) is 55.9 Å². The van der Waals surface area contributed by atoms with Gasteiger partial charge >= 0.3 is 0 Å². The van der Waals surface area contributed by atoms with Crippen molar-refractivity contribution >= 4 is 41.8 Å². The van der Waals surface area contributed by atoms with E-state index in [0.717, 1.165) is 18.1 Å². The second-order valence-electron chi connectivity index (χ2n) is 7.39. The lowest BCUT2D eigenvalue weighted by Gasteiger charge is -2.26. The van der Waals surface area contributed by atoms with Gasteiger partial charge in [-0.05, 0) is 29.2 Å². The van der Waals surface area contributed by atoms with Crippen molar-refractivity contribution in [2.75, 3.05) is 33.2 Å². The molecule has 2 amide bonds. The summed E-state index contributed by atoms with van der Waals surface area (Å²) in [7, 11) is 1.75. The molecule has 1 unspecified atom stereocenters. The quantitative estimate of drug-likeness (QED) is 0.301. The van der Waals surface area contributed by atoms with E-state index in [-0.39, 0.29) is 42.3 Å². The van der Waals surface area contributed by atoms with Crippen molar-refractivity contribution in [3.8, 4) is 0 Å². The Kier molecular flexibility index (Phi) is 9.77. The number of benzene rings is 2. The van der Waals surface area contributed by atoms with Crippen LogP contribution in [0.15, 0.2) is 59.6 Å². The normalized spacial score (nSPS) is 14.8. The number of nitrogens with one attached hydrogen (secondary N) is 3. The maximum atomic E-state index is 12.5. The highest BCUT2D eigenvalue weighted by Crippen LogP contribution is 2.13. The van der Waals surface area contributed by atoms with Crippen molar-refractivity contribution in [3.05, 3.63) is 71.3 Å². The largest absolute Gasteiger partial charge is 0.356 e. The van der Waals surface area contributed by atoms with Crippen molar-refractivity contribution in [2.24, 2.45) is 4.99 Å². The predicted octanol–water partition coefficient (Wildman–Crippen LogP) is 2.35. The van der Waals surface area contributed by atoms with Crippen molar-refractivity contribution in [1.82, 2.24) is 20.9 Å². The van der Waals surface area contributed by atoms with Crippen LogP contribution in [0, 0.1) is 0 Å². The molecule has 1 aliphatic heterocycles. The van der Waals surface area contributed by atoms with Gasteiger partial charge in [-0.25, -0.2) is 0 Å². The van der Waals surface area contributed by atoms with Gasteiger partial charge in [-0.3, -0.25) is 14.6 Å². The number of carbonyl (C=O) groups is 2. The first kappa shape index (κ1) is 24.6. The number of amides is 2. The van der Waals surface area contributed by atoms with Crippen molar-refractivity contribution in [1.29, 1.82) is 0 Å². The zero-order chi connectivity index (χ0) is 21.3. The minimum absolute atomic E-state index is 0. The molecule has 31 heavy (non-hydrogen) atoms. The van der Waals surface area contributed by atoms with E-state index >= 15 is 0 Å². The summed E-state index contributed by atoms with van der Waals surface area (Å²) >= 11 is 0. The highest BCUT2D eigenvalue weighted by atomic mass is 127. The van der Waals surface area contributed by atoms with Crippen LogP contribution in [0.1, 0.15) is 34.3 Å². The summed E-state index contributed by atoms with van der Waals surface area (Å²) in [5, 5.41) is 9.38. The maximum absolute atomic E-state index is 12.5. The summed E-state index contributed by atoms with van der Waals surface area (Å²) in [6.45, 7) is 4.71. The number of piperazine rings is 1. The van der Waals surface area contributed by atoms with Gasteiger partial charge in [-0.15, -0.1) is 24.0 Å². The number of hydrogen-bond acceptors (Lipinski definition) is 3. The molecule has 0 bridgehead atoms. The minimum atomic E-state index is -0.115. The molecule has 0 aromatic heterocycles. The summed E-state index contributed by atoms with van der Waals surface area (Å²) in [5.41, 5.74) is 2.92. The molecule has 0 aliphatic carbocycles. The maximum Gasteiger partial charge on any atom is 0.254 e. The van der Waals surface area contributed by atoms with Gasteiger partial charge in [0, 0.05) is 38.8 Å². The van der Waals surface area contributed by atoms with Crippen LogP contribution in [0.3, 0.4) is 0 Å². The molecular weight excluding hydrogens is 505 g/mol. The summed E-state index contributed by atoms with van der Waals surface area (Å²) in [6, 6.07) is 17.8. The van der Waals surface area contributed by atoms with E-state index in [1.54, 1.807) is 24.1 Å². The summed E-state index contributed by atoms with van der Waals surface area (Å²) in [4.78, 5) is 29.9. The Morgan fingerprint density at radius 3 is 2.48 bits per heavy atom. The third kappa shape index (κ3) is 7.23. The van der Waals surface area contributed by atoms with Gasteiger partial charge in [0.2, 0.25) is 5.91 Å². The van der Waals surface area contributed by atoms with Gasteiger partial charge in [0.05, 0.1) is 6.54 Å². The van der Waals surface area contributed by atoms with Crippen LogP contribution in [0.5, 0.6) is 0 Å². The Morgan fingerprint density at radius 2 is 1.84 bits per heavy atom. The molecule has 2 aromatic carbocycles. The van der Waals surface area contributed by atoms with Crippen LogP contribution < -0.4 is 16.0 Å². The lowest BCUT2D eigenvalue weighted by atomic mass is 10.0. The monoisotopic (exact) mass is 535 g/mol. The average molecular weight is 535 g/mol. The van der Waals surface area contributed by atoms with Gasteiger partial charge in [0.25, 0.3) is 5.91 Å². The number of rotatable bonds is 6. The first-order valence-corrected chi connectivity index (χ1v) is 10.2. The molecule has 8 heteroatoms. The van der Waals surface area contributed by atoms with E-state index in [0.29, 0.717) is 31.1 Å². The lowest BCUT2D eigenvalue weighted by Crippen LogP contribution is -2.49. The molecule has 3 N–H and O–H groups in total. The zero-order valence-corrected chi connectivity index (χ0v) is 20.3. The smallest absolute Gasteiger partial charge is 0.254 e. The fourth-order valence-corrected chi connectivity index (χ4v) is 3.32. The van der Waals surface area contributed by atoms with Crippen molar-refractivity contribution in [3.63, 3.8) is 0 Å². The first-order chi connectivity index (χ1) is 14.6. The second-order valence-corrected chi connectivity index (χ2v) is 7.39.